The molecule has 0 spiro atoms. The van der Waals surface area contributed by atoms with Gasteiger partial charge in [0.1, 0.15) is 10.0 Å². The maximum atomic E-state index is 12.2. The van der Waals surface area contributed by atoms with Crippen LogP contribution in [-0.4, -0.2) is 13.4 Å². The lowest BCUT2D eigenvalue weighted by Crippen LogP contribution is -2.11. The zero-order valence-electron chi connectivity index (χ0n) is 13.3. The number of hydrogen-bond acceptors (Lipinski definition) is 5. The summed E-state index contributed by atoms with van der Waals surface area (Å²) in [5.41, 5.74) is 3.72. The van der Waals surface area contributed by atoms with Gasteiger partial charge in [0.25, 0.3) is 10.0 Å². The van der Waals surface area contributed by atoms with Crippen LogP contribution in [0.2, 0.25) is 0 Å². The Balaban J connectivity index is 1.74. The highest BCUT2D eigenvalue weighted by Crippen LogP contribution is 2.23. The highest BCUT2D eigenvalue weighted by Gasteiger charge is 2.15. The van der Waals surface area contributed by atoms with Crippen LogP contribution in [0.15, 0.2) is 58.3 Å². The second-order valence-electron chi connectivity index (χ2n) is 5.41. The van der Waals surface area contributed by atoms with Crippen molar-refractivity contribution in [3.63, 3.8) is 0 Å². The number of hydrogen-bond donors (Lipinski definition) is 2. The SMILES string of the molecule is Cc1ccc(Nc2ccc(NS(=O)(=O)c3cccs3)cn2)c(C)c1. The summed E-state index contributed by atoms with van der Waals surface area (Å²) >= 11 is 1.17. The van der Waals surface area contributed by atoms with E-state index in [1.807, 2.05) is 26.0 Å². The lowest BCUT2D eigenvalue weighted by atomic mass is 10.1. The lowest BCUT2D eigenvalue weighted by molar-refractivity contribution is 0.603. The van der Waals surface area contributed by atoms with Crippen LogP contribution in [-0.2, 0) is 10.0 Å². The molecule has 0 radical (unpaired) electrons. The van der Waals surface area contributed by atoms with Crippen molar-refractivity contribution in [3.8, 4) is 0 Å². The third kappa shape index (κ3) is 3.74. The highest BCUT2D eigenvalue weighted by atomic mass is 32.2. The van der Waals surface area contributed by atoms with E-state index in [4.69, 9.17) is 0 Å². The number of nitrogens with one attached hydrogen (secondary N) is 2. The van der Waals surface area contributed by atoms with Gasteiger partial charge in [-0.1, -0.05) is 23.8 Å². The summed E-state index contributed by atoms with van der Waals surface area (Å²) in [6, 6.07) is 12.8. The fraction of sp³-hybridized carbons (Fsp3) is 0.118. The molecule has 0 unspecified atom stereocenters. The number of anilines is 3. The molecule has 0 fully saturated rings. The molecule has 3 rings (SSSR count). The number of thiophene rings is 1. The first-order chi connectivity index (χ1) is 11.4. The van der Waals surface area contributed by atoms with Crippen LogP contribution in [0, 0.1) is 13.8 Å². The molecule has 0 amide bonds. The van der Waals surface area contributed by atoms with Gasteiger partial charge in [0.05, 0.1) is 11.9 Å². The van der Waals surface area contributed by atoms with E-state index in [1.165, 1.54) is 23.1 Å². The van der Waals surface area contributed by atoms with Crippen molar-refractivity contribution in [2.24, 2.45) is 0 Å². The maximum absolute atomic E-state index is 12.2. The van der Waals surface area contributed by atoms with Gasteiger partial charge in [-0.3, -0.25) is 4.72 Å². The van der Waals surface area contributed by atoms with E-state index in [9.17, 15) is 8.42 Å². The van der Waals surface area contributed by atoms with Crippen LogP contribution >= 0.6 is 11.3 Å². The molecule has 124 valence electrons. The van der Waals surface area contributed by atoms with Crippen molar-refractivity contribution in [2.45, 2.75) is 18.1 Å². The smallest absolute Gasteiger partial charge is 0.271 e. The van der Waals surface area contributed by atoms with E-state index in [-0.39, 0.29) is 4.21 Å². The molecule has 0 saturated carbocycles. The van der Waals surface area contributed by atoms with Gasteiger partial charge in [-0.2, -0.15) is 0 Å². The van der Waals surface area contributed by atoms with Crippen LogP contribution in [0.4, 0.5) is 17.2 Å². The Morgan fingerprint density at radius 1 is 1.08 bits per heavy atom. The van der Waals surface area contributed by atoms with Crippen LogP contribution in [0.25, 0.3) is 0 Å². The van der Waals surface area contributed by atoms with Crippen molar-refractivity contribution < 1.29 is 8.42 Å². The van der Waals surface area contributed by atoms with E-state index in [2.05, 4.69) is 21.1 Å². The van der Waals surface area contributed by atoms with E-state index >= 15 is 0 Å². The third-order valence-electron chi connectivity index (χ3n) is 3.42. The standard InChI is InChI=1S/C17H17N3O2S2/c1-12-5-7-15(13(2)10-12)19-16-8-6-14(11-18-16)20-24(21,22)17-4-3-9-23-17/h3-11,20H,1-2H3,(H,18,19). The molecule has 0 atom stereocenters. The van der Waals surface area contributed by atoms with Gasteiger partial charge in [-0.05, 0) is 49.1 Å². The molecule has 2 N–H and O–H groups in total. The second kappa shape index (κ2) is 6.62. The van der Waals surface area contributed by atoms with Crippen LogP contribution in [0.1, 0.15) is 11.1 Å². The topological polar surface area (TPSA) is 71.1 Å². The normalized spacial score (nSPS) is 11.2. The fourth-order valence-corrected chi connectivity index (χ4v) is 4.28. The van der Waals surface area contributed by atoms with Gasteiger partial charge in [0.2, 0.25) is 0 Å². The zero-order chi connectivity index (χ0) is 17.2. The molecule has 0 aliphatic rings. The van der Waals surface area contributed by atoms with Gasteiger partial charge in [-0.15, -0.1) is 11.3 Å². The Morgan fingerprint density at radius 3 is 2.54 bits per heavy atom. The van der Waals surface area contributed by atoms with E-state index in [0.29, 0.717) is 11.5 Å². The van der Waals surface area contributed by atoms with Gasteiger partial charge < -0.3 is 5.32 Å². The maximum Gasteiger partial charge on any atom is 0.271 e. The zero-order valence-corrected chi connectivity index (χ0v) is 14.9. The minimum Gasteiger partial charge on any atom is -0.340 e. The van der Waals surface area contributed by atoms with E-state index in [0.717, 1.165) is 11.3 Å². The largest absolute Gasteiger partial charge is 0.340 e. The average molecular weight is 359 g/mol. The van der Waals surface area contributed by atoms with Crippen molar-refractivity contribution in [2.75, 3.05) is 10.0 Å². The van der Waals surface area contributed by atoms with Crippen molar-refractivity contribution in [3.05, 3.63) is 65.2 Å². The van der Waals surface area contributed by atoms with Gasteiger partial charge in [-0.25, -0.2) is 13.4 Å². The summed E-state index contributed by atoms with van der Waals surface area (Å²) < 4.78 is 27.1. The molecule has 5 nitrogen and oxygen atoms in total. The number of aryl methyl sites for hydroxylation is 2. The minimum absolute atomic E-state index is 0.278. The van der Waals surface area contributed by atoms with Crippen molar-refractivity contribution in [1.82, 2.24) is 4.98 Å². The number of aromatic nitrogens is 1. The number of pyridine rings is 1. The Bertz CT molecular complexity index is 934. The molecule has 3 aromatic rings. The van der Waals surface area contributed by atoms with Crippen molar-refractivity contribution in [1.29, 1.82) is 0 Å². The highest BCUT2D eigenvalue weighted by molar-refractivity contribution is 7.94. The minimum atomic E-state index is -3.55. The fourth-order valence-electron chi connectivity index (χ4n) is 2.24. The molecule has 1 aromatic carbocycles. The molecule has 0 aliphatic heterocycles. The Kier molecular flexibility index (Phi) is 4.55. The predicted octanol–water partition coefficient (Wildman–Crippen LogP) is 4.30. The molecule has 24 heavy (non-hydrogen) atoms. The van der Waals surface area contributed by atoms with Crippen LogP contribution < -0.4 is 10.0 Å². The molecule has 0 saturated heterocycles. The summed E-state index contributed by atoms with van der Waals surface area (Å²) in [6.45, 7) is 4.07. The number of rotatable bonds is 5. The number of nitrogens with zero attached hydrogens (tertiary/aromatic N) is 1. The summed E-state index contributed by atoms with van der Waals surface area (Å²) in [5, 5.41) is 4.96. The first-order valence-electron chi connectivity index (χ1n) is 7.31. The molecule has 0 aliphatic carbocycles. The molecule has 2 heterocycles. The Morgan fingerprint density at radius 2 is 1.92 bits per heavy atom. The second-order valence-corrected chi connectivity index (χ2v) is 8.27. The van der Waals surface area contributed by atoms with Gasteiger partial charge in [0.15, 0.2) is 0 Å². The van der Waals surface area contributed by atoms with Gasteiger partial charge >= 0.3 is 0 Å². The monoisotopic (exact) mass is 359 g/mol. The number of benzene rings is 1. The summed E-state index contributed by atoms with van der Waals surface area (Å²) in [4.78, 5) is 4.27. The summed E-state index contributed by atoms with van der Waals surface area (Å²) in [5.74, 6) is 0.654. The average Bonchev–Trinajstić information content (AvgIpc) is 3.07. The lowest BCUT2D eigenvalue weighted by Gasteiger charge is -2.10. The van der Waals surface area contributed by atoms with E-state index in [1.54, 1.807) is 29.6 Å². The first kappa shape index (κ1) is 16.5. The Hall–Kier alpha value is -2.38. The molecule has 0 bridgehead atoms. The Labute approximate surface area is 145 Å². The predicted molar refractivity (Wildman–Crippen MR) is 98.6 cm³/mol. The first-order valence-corrected chi connectivity index (χ1v) is 9.67. The summed E-state index contributed by atoms with van der Waals surface area (Å²) in [7, 11) is -3.55. The van der Waals surface area contributed by atoms with Crippen LogP contribution in [0.3, 0.4) is 0 Å². The van der Waals surface area contributed by atoms with Crippen molar-refractivity contribution >= 4 is 38.6 Å². The quantitative estimate of drug-likeness (QED) is 0.712. The summed E-state index contributed by atoms with van der Waals surface area (Å²) in [6.07, 6.45) is 1.50. The molecule has 2 aromatic heterocycles. The molecule has 7 heteroatoms. The number of sulfonamides is 1. The third-order valence-corrected chi connectivity index (χ3v) is 6.20. The van der Waals surface area contributed by atoms with E-state index < -0.39 is 10.0 Å². The van der Waals surface area contributed by atoms with Crippen LogP contribution in [0.5, 0.6) is 0 Å². The molecular formula is C17H17N3O2S2. The van der Waals surface area contributed by atoms with Gasteiger partial charge in [0, 0.05) is 5.69 Å². The molecular weight excluding hydrogens is 342 g/mol.